The molecule has 1 aliphatic carbocycles. The molecule has 12 heteroatoms. The molecule has 40 heavy (non-hydrogen) atoms. The molecule has 1 aromatic heterocycles. The Morgan fingerprint density at radius 2 is 1.70 bits per heavy atom. The maximum atomic E-state index is 13.9. The van der Waals surface area contributed by atoms with Crippen LogP contribution in [0.1, 0.15) is 59.9 Å². The minimum Gasteiger partial charge on any atom is -0.465 e. The van der Waals surface area contributed by atoms with E-state index in [1.165, 1.54) is 32.2 Å². The quantitative estimate of drug-likeness (QED) is 0.503. The van der Waals surface area contributed by atoms with Crippen LogP contribution in [0.25, 0.3) is 10.9 Å². The number of carbonyl (C=O) groups excluding carboxylic acids is 4. The molecule has 2 fully saturated rings. The van der Waals surface area contributed by atoms with Crippen LogP contribution in [0, 0.1) is 11.7 Å². The number of halogens is 1. The average molecular weight is 558 g/mol. The summed E-state index contributed by atoms with van der Waals surface area (Å²) in [6, 6.07) is 2.29. The van der Waals surface area contributed by atoms with Crippen molar-refractivity contribution in [2.45, 2.75) is 51.1 Å². The number of nitrogens with zero attached hydrogens (tertiary/aromatic N) is 4. The van der Waals surface area contributed by atoms with Crippen molar-refractivity contribution in [1.29, 1.82) is 0 Å². The highest BCUT2D eigenvalue weighted by atomic mass is 19.1. The smallest absolute Gasteiger partial charge is 0.407 e. The molecule has 2 heterocycles. The van der Waals surface area contributed by atoms with E-state index in [9.17, 15) is 33.5 Å². The molecule has 1 aliphatic heterocycles. The molecule has 1 unspecified atom stereocenters. The highest BCUT2D eigenvalue weighted by Gasteiger charge is 2.37. The van der Waals surface area contributed by atoms with Crippen molar-refractivity contribution in [3.8, 4) is 0 Å². The zero-order chi connectivity index (χ0) is 29.1. The van der Waals surface area contributed by atoms with E-state index in [1.807, 2.05) is 0 Å². The molecule has 4 rings (SSSR count). The lowest BCUT2D eigenvalue weighted by Crippen LogP contribution is -2.59. The SMILES string of the molecule is CC(C(=O)N[C@H](C(=O)N1CCN(C(=O)c2c(C=O)c3cc(F)ccc3n2C)CC1)C1CCCCC1)N(C)C(=O)O. The second-order valence-corrected chi connectivity index (χ2v) is 10.7. The van der Waals surface area contributed by atoms with Crippen LogP contribution < -0.4 is 5.32 Å². The number of benzene rings is 1. The first-order valence-electron chi connectivity index (χ1n) is 13.6. The Labute approximate surface area is 231 Å². The maximum absolute atomic E-state index is 13.9. The van der Waals surface area contributed by atoms with Gasteiger partial charge in [-0.15, -0.1) is 0 Å². The molecular formula is C28H36FN5O6. The monoisotopic (exact) mass is 557 g/mol. The topological polar surface area (TPSA) is 132 Å². The Bertz CT molecular complexity index is 1310. The van der Waals surface area contributed by atoms with Gasteiger partial charge in [0.15, 0.2) is 6.29 Å². The molecule has 2 aromatic rings. The number of hydrogen-bond donors (Lipinski definition) is 2. The van der Waals surface area contributed by atoms with Crippen LogP contribution in [0.3, 0.4) is 0 Å². The van der Waals surface area contributed by atoms with Crippen molar-refractivity contribution >= 4 is 41.0 Å². The Morgan fingerprint density at radius 3 is 2.30 bits per heavy atom. The number of nitrogens with one attached hydrogen (secondary N) is 1. The number of aromatic nitrogens is 1. The number of carbonyl (C=O) groups is 5. The lowest BCUT2D eigenvalue weighted by atomic mass is 9.83. The number of carboxylic acid groups (broad SMARTS) is 1. The van der Waals surface area contributed by atoms with E-state index in [0.717, 1.165) is 37.0 Å². The fourth-order valence-corrected chi connectivity index (χ4v) is 5.76. The molecule has 1 aromatic carbocycles. The van der Waals surface area contributed by atoms with Crippen molar-refractivity contribution in [2.24, 2.45) is 13.0 Å². The van der Waals surface area contributed by atoms with E-state index >= 15 is 0 Å². The summed E-state index contributed by atoms with van der Waals surface area (Å²) in [7, 11) is 2.96. The van der Waals surface area contributed by atoms with Gasteiger partial charge in [0.25, 0.3) is 5.91 Å². The molecule has 1 saturated heterocycles. The molecule has 2 N–H and O–H groups in total. The zero-order valence-corrected chi connectivity index (χ0v) is 23.1. The van der Waals surface area contributed by atoms with Crippen molar-refractivity contribution in [3.63, 3.8) is 0 Å². The third kappa shape index (κ3) is 5.66. The first-order valence-corrected chi connectivity index (χ1v) is 13.6. The summed E-state index contributed by atoms with van der Waals surface area (Å²) in [4.78, 5) is 67.4. The van der Waals surface area contributed by atoms with Gasteiger partial charge in [0.1, 0.15) is 23.6 Å². The molecule has 0 radical (unpaired) electrons. The minimum absolute atomic E-state index is 0.0569. The van der Waals surface area contributed by atoms with Crippen molar-refractivity contribution < 1.29 is 33.5 Å². The lowest BCUT2D eigenvalue weighted by molar-refractivity contribution is -0.140. The average Bonchev–Trinajstić information content (AvgIpc) is 3.24. The van der Waals surface area contributed by atoms with Crippen molar-refractivity contribution in [2.75, 3.05) is 33.2 Å². The normalized spacial score (nSPS) is 17.8. The number of rotatable bonds is 7. The largest absolute Gasteiger partial charge is 0.465 e. The van der Waals surface area contributed by atoms with Crippen LogP contribution in [0.5, 0.6) is 0 Å². The summed E-state index contributed by atoms with van der Waals surface area (Å²) in [6.07, 6.45) is 3.86. The van der Waals surface area contributed by atoms with Crippen LogP contribution >= 0.6 is 0 Å². The highest BCUT2D eigenvalue weighted by Crippen LogP contribution is 2.29. The van der Waals surface area contributed by atoms with Gasteiger partial charge in [-0.1, -0.05) is 19.3 Å². The van der Waals surface area contributed by atoms with Gasteiger partial charge >= 0.3 is 6.09 Å². The molecule has 4 amide bonds. The number of aldehydes is 1. The summed E-state index contributed by atoms with van der Waals surface area (Å²) in [5.41, 5.74) is 0.856. The summed E-state index contributed by atoms with van der Waals surface area (Å²) in [6.45, 7) is 2.40. The number of amides is 4. The predicted molar refractivity (Wildman–Crippen MR) is 145 cm³/mol. The van der Waals surface area contributed by atoms with E-state index in [4.69, 9.17) is 0 Å². The number of hydrogen-bond acceptors (Lipinski definition) is 5. The molecule has 216 valence electrons. The standard InChI is InChI=1S/C28H36FN5O6/c1-17(31(2)28(39)40)25(36)30-23(18-7-5-4-6-8-18)26(37)33-11-13-34(14-12-33)27(38)24-21(16-35)20-15-19(29)9-10-22(20)32(24)3/h9-10,15-18,23H,4-8,11-14H2,1-3H3,(H,30,36)(H,39,40)/t17?,23-/m0/s1. The van der Waals surface area contributed by atoms with Gasteiger partial charge in [-0.25, -0.2) is 9.18 Å². The fourth-order valence-electron chi connectivity index (χ4n) is 5.76. The Morgan fingerprint density at radius 1 is 1.07 bits per heavy atom. The van der Waals surface area contributed by atoms with Gasteiger partial charge < -0.3 is 24.8 Å². The lowest BCUT2D eigenvalue weighted by Gasteiger charge is -2.39. The Hall–Kier alpha value is -3.96. The van der Waals surface area contributed by atoms with Crippen LogP contribution in [0.15, 0.2) is 18.2 Å². The summed E-state index contributed by atoms with van der Waals surface area (Å²) in [5.74, 6) is -1.71. The number of piperazine rings is 1. The van der Waals surface area contributed by atoms with E-state index in [-0.39, 0.29) is 55.2 Å². The Kier molecular flexibility index (Phi) is 8.75. The maximum Gasteiger partial charge on any atom is 0.407 e. The third-order valence-corrected chi connectivity index (χ3v) is 8.35. The first kappa shape index (κ1) is 29.0. The Balaban J connectivity index is 1.48. The van der Waals surface area contributed by atoms with Crippen LogP contribution in [0.2, 0.25) is 0 Å². The molecule has 11 nitrogen and oxygen atoms in total. The first-order chi connectivity index (χ1) is 19.0. The second-order valence-electron chi connectivity index (χ2n) is 10.7. The molecule has 2 atom stereocenters. The number of aryl methyl sites for hydroxylation is 1. The van der Waals surface area contributed by atoms with E-state index in [0.29, 0.717) is 17.2 Å². The molecule has 0 bridgehead atoms. The highest BCUT2D eigenvalue weighted by molar-refractivity contribution is 6.10. The summed E-state index contributed by atoms with van der Waals surface area (Å²) in [5, 5.41) is 12.5. The molecule has 2 aliphatic rings. The fraction of sp³-hybridized carbons (Fsp3) is 0.536. The van der Waals surface area contributed by atoms with Gasteiger partial charge in [-0.2, -0.15) is 0 Å². The van der Waals surface area contributed by atoms with Crippen LogP contribution in [-0.2, 0) is 16.6 Å². The van der Waals surface area contributed by atoms with E-state index in [1.54, 1.807) is 21.4 Å². The summed E-state index contributed by atoms with van der Waals surface area (Å²) >= 11 is 0. The minimum atomic E-state index is -1.24. The number of fused-ring (bicyclic) bond motifs is 1. The van der Waals surface area contributed by atoms with Gasteiger partial charge in [-0.05, 0) is 43.9 Å². The predicted octanol–water partition coefficient (Wildman–Crippen LogP) is 2.48. The van der Waals surface area contributed by atoms with Crippen LogP contribution in [-0.4, -0.2) is 99.8 Å². The van der Waals surface area contributed by atoms with Gasteiger partial charge in [0.05, 0.1) is 5.56 Å². The van der Waals surface area contributed by atoms with Gasteiger partial charge in [0.2, 0.25) is 11.8 Å². The molecular weight excluding hydrogens is 521 g/mol. The van der Waals surface area contributed by atoms with Crippen molar-refractivity contribution in [1.82, 2.24) is 24.6 Å². The van der Waals surface area contributed by atoms with E-state index in [2.05, 4.69) is 5.32 Å². The number of likely N-dealkylation sites (N-methyl/N-ethyl adjacent to an activating group) is 1. The summed E-state index contributed by atoms with van der Waals surface area (Å²) < 4.78 is 15.4. The van der Waals surface area contributed by atoms with Crippen molar-refractivity contribution in [3.05, 3.63) is 35.3 Å². The zero-order valence-electron chi connectivity index (χ0n) is 23.1. The molecule has 1 saturated carbocycles. The van der Waals surface area contributed by atoms with E-state index < -0.39 is 29.9 Å². The third-order valence-electron chi connectivity index (χ3n) is 8.35. The molecule has 0 spiro atoms. The van der Waals surface area contributed by atoms with Gasteiger partial charge in [0, 0.05) is 51.2 Å². The van der Waals surface area contributed by atoms with Gasteiger partial charge in [-0.3, -0.25) is 24.1 Å². The van der Waals surface area contributed by atoms with Crippen LogP contribution in [0.4, 0.5) is 9.18 Å². The second kappa shape index (κ2) is 12.1.